The van der Waals surface area contributed by atoms with Gasteiger partial charge in [0, 0.05) is 18.8 Å². The van der Waals surface area contributed by atoms with Crippen LogP contribution in [0.15, 0.2) is 0 Å². The third-order valence-electron chi connectivity index (χ3n) is 2.14. The highest BCUT2D eigenvalue weighted by molar-refractivity contribution is 7.99. The largest absolute Gasteiger partial charge is 0.378 e. The third-order valence-corrected chi connectivity index (χ3v) is 3.14. The first-order valence-corrected chi connectivity index (χ1v) is 6.11. The van der Waals surface area contributed by atoms with Crippen molar-refractivity contribution in [3.8, 4) is 0 Å². The average molecular weight is 218 g/mol. The summed E-state index contributed by atoms with van der Waals surface area (Å²) in [4.78, 5) is 13.5. The van der Waals surface area contributed by atoms with Gasteiger partial charge in [0.1, 0.15) is 0 Å². The van der Waals surface area contributed by atoms with E-state index in [9.17, 15) is 4.79 Å². The quantitative estimate of drug-likeness (QED) is 0.717. The molecule has 0 spiro atoms. The van der Waals surface area contributed by atoms with E-state index < -0.39 is 0 Å². The predicted molar refractivity (Wildman–Crippen MR) is 58.4 cm³/mol. The molecule has 14 heavy (non-hydrogen) atoms. The van der Waals surface area contributed by atoms with Gasteiger partial charge in [0.15, 0.2) is 0 Å². The molecule has 1 heterocycles. The zero-order chi connectivity index (χ0) is 10.4. The van der Waals surface area contributed by atoms with Gasteiger partial charge in [-0.2, -0.15) is 11.8 Å². The number of nitrogens with zero attached hydrogens (tertiary/aromatic N) is 1. The third kappa shape index (κ3) is 3.48. The molecule has 0 unspecified atom stereocenters. The number of hydrogen-bond donors (Lipinski definition) is 1. The Morgan fingerprint density at radius 2 is 2.21 bits per heavy atom. The molecule has 0 radical (unpaired) electrons. The van der Waals surface area contributed by atoms with Gasteiger partial charge < -0.3 is 15.4 Å². The topological polar surface area (TPSA) is 55.6 Å². The fourth-order valence-electron chi connectivity index (χ4n) is 1.33. The maximum absolute atomic E-state index is 11.7. The van der Waals surface area contributed by atoms with Gasteiger partial charge in [0.05, 0.1) is 19.3 Å². The second-order valence-corrected chi connectivity index (χ2v) is 4.52. The molecule has 2 N–H and O–H groups in total. The van der Waals surface area contributed by atoms with E-state index in [1.54, 1.807) is 16.7 Å². The lowest BCUT2D eigenvalue weighted by Gasteiger charge is -2.29. The highest BCUT2D eigenvalue weighted by Gasteiger charge is 2.22. The van der Waals surface area contributed by atoms with Crippen molar-refractivity contribution >= 4 is 17.7 Å². The summed E-state index contributed by atoms with van der Waals surface area (Å²) in [5.41, 5.74) is 5.78. The van der Waals surface area contributed by atoms with Crippen molar-refractivity contribution in [3.63, 3.8) is 0 Å². The Hall–Kier alpha value is -0.260. The first kappa shape index (κ1) is 11.8. The molecule has 0 saturated carbocycles. The molecule has 1 fully saturated rings. The summed E-state index contributed by atoms with van der Waals surface area (Å²) >= 11 is 1.70. The normalized spacial score (nSPS) is 19.4. The average Bonchev–Trinajstić information content (AvgIpc) is 2.26. The fourth-order valence-corrected chi connectivity index (χ4v) is 1.97. The van der Waals surface area contributed by atoms with Crippen molar-refractivity contribution in [1.82, 2.24) is 4.90 Å². The Morgan fingerprint density at radius 1 is 1.57 bits per heavy atom. The SMILES string of the molecule is CCSC[C@H](N)C(=O)N1CCOCC1. The smallest absolute Gasteiger partial charge is 0.240 e. The molecule has 1 amide bonds. The number of amides is 1. The van der Waals surface area contributed by atoms with Gasteiger partial charge in [-0.05, 0) is 5.75 Å². The van der Waals surface area contributed by atoms with Crippen LogP contribution >= 0.6 is 11.8 Å². The van der Waals surface area contributed by atoms with Crippen LogP contribution in [-0.2, 0) is 9.53 Å². The molecule has 82 valence electrons. The Morgan fingerprint density at radius 3 is 2.79 bits per heavy atom. The van der Waals surface area contributed by atoms with Gasteiger partial charge in [-0.3, -0.25) is 4.79 Å². The highest BCUT2D eigenvalue weighted by Crippen LogP contribution is 2.05. The summed E-state index contributed by atoms with van der Waals surface area (Å²) in [6.45, 7) is 4.71. The van der Waals surface area contributed by atoms with E-state index in [1.807, 2.05) is 0 Å². The highest BCUT2D eigenvalue weighted by atomic mass is 32.2. The minimum absolute atomic E-state index is 0.0641. The van der Waals surface area contributed by atoms with E-state index in [4.69, 9.17) is 10.5 Å². The second kappa shape index (κ2) is 6.27. The zero-order valence-corrected chi connectivity index (χ0v) is 9.39. The summed E-state index contributed by atoms with van der Waals surface area (Å²) < 4.78 is 5.17. The molecule has 4 nitrogen and oxygen atoms in total. The van der Waals surface area contributed by atoms with Gasteiger partial charge >= 0.3 is 0 Å². The number of ether oxygens (including phenoxy) is 1. The van der Waals surface area contributed by atoms with Crippen LogP contribution in [0.2, 0.25) is 0 Å². The number of nitrogens with two attached hydrogens (primary N) is 1. The summed E-state index contributed by atoms with van der Waals surface area (Å²) in [6.07, 6.45) is 0. The van der Waals surface area contributed by atoms with E-state index in [2.05, 4.69) is 6.92 Å². The second-order valence-electron chi connectivity index (χ2n) is 3.20. The minimum atomic E-state index is -0.349. The number of hydrogen-bond acceptors (Lipinski definition) is 4. The van der Waals surface area contributed by atoms with E-state index in [1.165, 1.54) is 0 Å². The summed E-state index contributed by atoms with van der Waals surface area (Å²) in [7, 11) is 0. The lowest BCUT2D eigenvalue weighted by Crippen LogP contribution is -2.49. The maximum atomic E-state index is 11.7. The van der Waals surface area contributed by atoms with Gasteiger partial charge in [-0.15, -0.1) is 0 Å². The van der Waals surface area contributed by atoms with Crippen molar-refractivity contribution in [2.24, 2.45) is 5.73 Å². The maximum Gasteiger partial charge on any atom is 0.240 e. The molecule has 5 heteroatoms. The van der Waals surface area contributed by atoms with E-state index >= 15 is 0 Å². The van der Waals surface area contributed by atoms with Gasteiger partial charge in [0.25, 0.3) is 0 Å². The predicted octanol–water partition coefficient (Wildman–Crippen LogP) is -0.0744. The molecule has 1 rings (SSSR count). The number of carbonyl (C=O) groups excluding carboxylic acids is 1. The zero-order valence-electron chi connectivity index (χ0n) is 8.57. The standard InChI is InChI=1S/C9H18N2O2S/c1-2-14-7-8(10)9(12)11-3-5-13-6-4-11/h8H,2-7,10H2,1H3/t8-/m0/s1. The van der Waals surface area contributed by atoms with Gasteiger partial charge in [-0.1, -0.05) is 6.92 Å². The summed E-state index contributed by atoms with van der Waals surface area (Å²) in [5.74, 6) is 1.78. The molecule has 0 aromatic rings. The molecule has 1 atom stereocenters. The van der Waals surface area contributed by atoms with Crippen LogP contribution < -0.4 is 5.73 Å². The Kier molecular flexibility index (Phi) is 5.29. The molecule has 0 aliphatic carbocycles. The summed E-state index contributed by atoms with van der Waals surface area (Å²) in [6, 6.07) is -0.349. The molecule has 0 bridgehead atoms. The van der Waals surface area contributed by atoms with Crippen molar-refractivity contribution in [2.75, 3.05) is 37.8 Å². The minimum Gasteiger partial charge on any atom is -0.378 e. The first-order chi connectivity index (χ1) is 6.75. The van der Waals surface area contributed by atoms with Crippen LogP contribution in [0, 0.1) is 0 Å². The monoisotopic (exact) mass is 218 g/mol. The van der Waals surface area contributed by atoms with Crippen LogP contribution in [0.1, 0.15) is 6.92 Å². The molecule has 0 aromatic carbocycles. The molecular formula is C9H18N2O2S. The van der Waals surface area contributed by atoms with Crippen LogP contribution in [0.3, 0.4) is 0 Å². The Bertz CT molecular complexity index is 184. The van der Waals surface area contributed by atoms with Crippen molar-refractivity contribution in [2.45, 2.75) is 13.0 Å². The molecule has 1 aliphatic heterocycles. The van der Waals surface area contributed by atoms with Gasteiger partial charge in [-0.25, -0.2) is 0 Å². The van der Waals surface area contributed by atoms with Crippen molar-refractivity contribution in [3.05, 3.63) is 0 Å². The van der Waals surface area contributed by atoms with E-state index in [-0.39, 0.29) is 11.9 Å². The van der Waals surface area contributed by atoms with Crippen LogP contribution in [0.5, 0.6) is 0 Å². The van der Waals surface area contributed by atoms with Crippen LogP contribution in [-0.4, -0.2) is 54.7 Å². The molecule has 1 aliphatic rings. The molecule has 0 aromatic heterocycles. The first-order valence-electron chi connectivity index (χ1n) is 4.95. The van der Waals surface area contributed by atoms with E-state index in [0.29, 0.717) is 32.1 Å². The van der Waals surface area contributed by atoms with Gasteiger partial charge in [0.2, 0.25) is 5.91 Å². The molecule has 1 saturated heterocycles. The van der Waals surface area contributed by atoms with Crippen LogP contribution in [0.4, 0.5) is 0 Å². The Labute approximate surface area is 89.2 Å². The number of carbonyl (C=O) groups is 1. The Balaban J connectivity index is 2.30. The number of morpholine rings is 1. The number of thioether (sulfide) groups is 1. The summed E-state index contributed by atoms with van der Waals surface area (Å²) in [5, 5.41) is 0. The lowest BCUT2D eigenvalue weighted by atomic mass is 10.3. The lowest BCUT2D eigenvalue weighted by molar-refractivity contribution is -0.136. The number of rotatable bonds is 4. The van der Waals surface area contributed by atoms with Crippen molar-refractivity contribution in [1.29, 1.82) is 0 Å². The molecular weight excluding hydrogens is 200 g/mol. The van der Waals surface area contributed by atoms with Crippen LogP contribution in [0.25, 0.3) is 0 Å². The fraction of sp³-hybridized carbons (Fsp3) is 0.889. The van der Waals surface area contributed by atoms with Crippen molar-refractivity contribution < 1.29 is 9.53 Å². The van der Waals surface area contributed by atoms with E-state index in [0.717, 1.165) is 5.75 Å².